The van der Waals surface area contributed by atoms with Gasteiger partial charge < -0.3 is 15.5 Å². The zero-order valence-electron chi connectivity index (χ0n) is 18.9. The number of carbonyl (C=O) groups is 3. The van der Waals surface area contributed by atoms with Crippen LogP contribution in [-0.4, -0.2) is 38.9 Å². The van der Waals surface area contributed by atoms with Gasteiger partial charge in [-0.2, -0.15) is 0 Å². The van der Waals surface area contributed by atoms with Crippen molar-refractivity contribution in [2.75, 3.05) is 5.32 Å². The van der Waals surface area contributed by atoms with E-state index in [4.69, 9.17) is 0 Å². The van der Waals surface area contributed by atoms with Gasteiger partial charge in [-0.1, -0.05) is 36.4 Å². The van der Waals surface area contributed by atoms with E-state index < -0.39 is 47.0 Å². The molecule has 0 bridgehead atoms. The molecule has 1 spiro atoms. The Morgan fingerprint density at radius 2 is 1.67 bits per heavy atom. The SMILES string of the molecule is O=C1[C@H]2[C@@H](C(=O)N1Cc1ccccc1)[C@@]1(N[C@@H]2Cc2ccc(O)c(O)c2)C(=O)Nc2ccc(F)cc21. The van der Waals surface area contributed by atoms with Crippen LogP contribution in [0.2, 0.25) is 0 Å². The van der Waals surface area contributed by atoms with Gasteiger partial charge in [0.15, 0.2) is 11.5 Å². The second kappa shape index (κ2) is 7.89. The Morgan fingerprint density at radius 1 is 0.889 bits per heavy atom. The number of phenolic OH excluding ortho intramolecular Hbond substituents is 2. The Kier molecular flexibility index (Phi) is 4.87. The first-order valence-corrected chi connectivity index (χ1v) is 11.6. The number of fused-ring (bicyclic) bond motifs is 4. The maximum Gasteiger partial charge on any atom is 0.250 e. The molecular formula is C27H22FN3O5. The third-order valence-electron chi connectivity index (χ3n) is 7.45. The lowest BCUT2D eigenvalue weighted by atomic mass is 9.76. The van der Waals surface area contributed by atoms with Gasteiger partial charge in [0.2, 0.25) is 17.7 Å². The summed E-state index contributed by atoms with van der Waals surface area (Å²) in [7, 11) is 0. The summed E-state index contributed by atoms with van der Waals surface area (Å²) in [5, 5.41) is 25.6. The van der Waals surface area contributed by atoms with Crippen molar-refractivity contribution in [2.24, 2.45) is 11.8 Å². The average molecular weight is 487 g/mol. The summed E-state index contributed by atoms with van der Waals surface area (Å²) in [4.78, 5) is 42.2. The maximum absolute atomic E-state index is 14.4. The highest BCUT2D eigenvalue weighted by atomic mass is 19.1. The molecule has 0 unspecified atom stereocenters. The van der Waals surface area contributed by atoms with Gasteiger partial charge >= 0.3 is 0 Å². The van der Waals surface area contributed by atoms with Crippen LogP contribution in [0.3, 0.4) is 0 Å². The summed E-state index contributed by atoms with van der Waals surface area (Å²) in [6.07, 6.45) is 0.187. The molecule has 182 valence electrons. The number of carbonyl (C=O) groups excluding carboxylic acids is 3. The van der Waals surface area contributed by atoms with E-state index in [9.17, 15) is 29.0 Å². The first kappa shape index (κ1) is 22.2. The van der Waals surface area contributed by atoms with Gasteiger partial charge in [-0.15, -0.1) is 0 Å². The van der Waals surface area contributed by atoms with Gasteiger partial charge in [-0.3, -0.25) is 24.6 Å². The fraction of sp³-hybridized carbons (Fsp3) is 0.222. The molecule has 9 heteroatoms. The fourth-order valence-corrected chi connectivity index (χ4v) is 5.88. The number of halogens is 1. The molecule has 3 aliphatic heterocycles. The number of hydrogen-bond acceptors (Lipinski definition) is 6. The molecule has 3 aromatic carbocycles. The normalized spacial score (nSPS) is 26.4. The molecule has 0 aliphatic carbocycles. The van der Waals surface area contributed by atoms with Gasteiger partial charge in [-0.25, -0.2) is 4.39 Å². The summed E-state index contributed by atoms with van der Waals surface area (Å²) in [5.74, 6) is -4.56. The lowest BCUT2D eigenvalue weighted by Gasteiger charge is -2.29. The Bertz CT molecular complexity index is 1430. The summed E-state index contributed by atoms with van der Waals surface area (Å²) in [5.41, 5.74) is 0.421. The number of rotatable bonds is 4. The van der Waals surface area contributed by atoms with Crippen LogP contribution in [0, 0.1) is 17.7 Å². The van der Waals surface area contributed by atoms with E-state index in [1.54, 1.807) is 6.07 Å². The number of anilines is 1. The van der Waals surface area contributed by atoms with Crippen molar-refractivity contribution in [1.29, 1.82) is 0 Å². The van der Waals surface area contributed by atoms with E-state index in [0.717, 1.165) is 5.56 Å². The number of hydrogen-bond donors (Lipinski definition) is 4. The molecule has 3 aliphatic rings. The van der Waals surface area contributed by atoms with Crippen LogP contribution >= 0.6 is 0 Å². The monoisotopic (exact) mass is 487 g/mol. The smallest absolute Gasteiger partial charge is 0.250 e. The molecule has 36 heavy (non-hydrogen) atoms. The van der Waals surface area contributed by atoms with E-state index in [-0.39, 0.29) is 24.5 Å². The molecule has 0 aromatic heterocycles. The summed E-state index contributed by atoms with van der Waals surface area (Å²) >= 11 is 0. The van der Waals surface area contributed by atoms with Gasteiger partial charge in [0.1, 0.15) is 11.4 Å². The van der Waals surface area contributed by atoms with Crippen LogP contribution in [0.25, 0.3) is 0 Å². The molecule has 3 aromatic rings. The summed E-state index contributed by atoms with van der Waals surface area (Å²) in [6.45, 7) is 0.0614. The van der Waals surface area contributed by atoms with Crippen molar-refractivity contribution in [2.45, 2.75) is 24.5 Å². The highest BCUT2D eigenvalue weighted by Crippen LogP contribution is 2.53. The number of nitrogens with one attached hydrogen (secondary N) is 2. The van der Waals surface area contributed by atoms with Crippen LogP contribution in [0.15, 0.2) is 66.7 Å². The van der Waals surface area contributed by atoms with Crippen LogP contribution in [0.4, 0.5) is 10.1 Å². The van der Waals surface area contributed by atoms with Gasteiger partial charge in [0.25, 0.3) is 0 Å². The maximum atomic E-state index is 14.4. The second-order valence-corrected chi connectivity index (χ2v) is 9.48. The fourth-order valence-electron chi connectivity index (χ4n) is 5.88. The predicted molar refractivity (Wildman–Crippen MR) is 126 cm³/mol. The van der Waals surface area contributed by atoms with Gasteiger partial charge in [0.05, 0.1) is 18.4 Å². The third kappa shape index (κ3) is 3.12. The molecule has 0 radical (unpaired) electrons. The minimum atomic E-state index is -1.62. The molecule has 4 N–H and O–H groups in total. The standard InChI is InChI=1S/C27H22FN3O5/c28-16-7-8-18-17(12-16)27(26(36)29-18)23-22(19(30-27)10-15-6-9-20(32)21(33)11-15)24(34)31(25(23)35)13-14-4-2-1-3-5-14/h1-9,11-12,19,22-23,30,32-33H,10,13H2,(H,29,36)/t19-,22-,23+,27-/m1/s1. The number of nitrogens with zero attached hydrogens (tertiary/aromatic N) is 1. The van der Waals surface area contributed by atoms with Crippen LogP contribution < -0.4 is 10.6 Å². The highest BCUT2D eigenvalue weighted by Gasteiger charge is 2.70. The van der Waals surface area contributed by atoms with Crippen molar-refractivity contribution in [1.82, 2.24) is 10.2 Å². The summed E-state index contributed by atoms with van der Waals surface area (Å²) in [6, 6.07) is 16.6. The van der Waals surface area contributed by atoms with Crippen molar-refractivity contribution < 1.29 is 29.0 Å². The van der Waals surface area contributed by atoms with E-state index in [1.165, 1.54) is 35.2 Å². The Morgan fingerprint density at radius 3 is 2.42 bits per heavy atom. The lowest BCUT2D eigenvalue weighted by molar-refractivity contribution is -0.143. The lowest BCUT2D eigenvalue weighted by Crippen LogP contribution is -2.53. The van der Waals surface area contributed by atoms with E-state index >= 15 is 0 Å². The minimum Gasteiger partial charge on any atom is -0.504 e. The Labute approximate surface area is 205 Å². The molecule has 3 amide bonds. The zero-order chi connectivity index (χ0) is 25.2. The first-order chi connectivity index (χ1) is 17.3. The summed E-state index contributed by atoms with van der Waals surface area (Å²) < 4.78 is 14.4. The largest absolute Gasteiger partial charge is 0.504 e. The van der Waals surface area contributed by atoms with Crippen LogP contribution in [-0.2, 0) is 32.9 Å². The molecule has 2 saturated heterocycles. The second-order valence-electron chi connectivity index (χ2n) is 9.48. The number of likely N-dealkylation sites (tertiary alicyclic amines) is 1. The highest BCUT2D eigenvalue weighted by molar-refractivity contribution is 6.15. The van der Waals surface area contributed by atoms with Crippen LogP contribution in [0.5, 0.6) is 11.5 Å². The van der Waals surface area contributed by atoms with Gasteiger partial charge in [0, 0.05) is 17.3 Å². The van der Waals surface area contributed by atoms with E-state index in [0.29, 0.717) is 16.8 Å². The quantitative estimate of drug-likeness (QED) is 0.332. The van der Waals surface area contributed by atoms with Gasteiger partial charge in [-0.05, 0) is 47.9 Å². The molecule has 6 rings (SSSR count). The van der Waals surface area contributed by atoms with Crippen molar-refractivity contribution >= 4 is 23.4 Å². The number of imide groups is 1. The predicted octanol–water partition coefficient (Wildman–Crippen LogP) is 2.40. The molecule has 3 heterocycles. The van der Waals surface area contributed by atoms with Crippen LogP contribution in [0.1, 0.15) is 16.7 Å². The number of amides is 3. The molecule has 4 atom stereocenters. The Balaban J connectivity index is 1.45. The van der Waals surface area contributed by atoms with Crippen molar-refractivity contribution in [3.63, 3.8) is 0 Å². The molecule has 0 saturated carbocycles. The molecular weight excluding hydrogens is 465 g/mol. The topological polar surface area (TPSA) is 119 Å². The van der Waals surface area contributed by atoms with Crippen molar-refractivity contribution in [3.8, 4) is 11.5 Å². The average Bonchev–Trinajstić information content (AvgIpc) is 3.43. The van der Waals surface area contributed by atoms with E-state index in [1.807, 2.05) is 30.3 Å². The van der Waals surface area contributed by atoms with Crippen molar-refractivity contribution in [3.05, 3.63) is 89.2 Å². The van der Waals surface area contributed by atoms with E-state index in [2.05, 4.69) is 10.6 Å². The number of aromatic hydroxyl groups is 2. The third-order valence-corrected chi connectivity index (χ3v) is 7.45. The zero-order valence-corrected chi connectivity index (χ0v) is 18.9. The first-order valence-electron chi connectivity index (χ1n) is 11.6. The number of phenols is 2. The Hall–Kier alpha value is -4.24. The molecule has 2 fully saturated rings. The molecule has 8 nitrogen and oxygen atoms in total. The number of benzene rings is 3. The minimum absolute atomic E-state index is 0.0614.